The molecule has 0 aliphatic rings. The van der Waals surface area contributed by atoms with Crippen LogP contribution in [-0.2, 0) is 25.8 Å². The first kappa shape index (κ1) is 7.89. The minimum Gasteiger partial charge on any atom is -0.399 e. The largest absolute Gasteiger partial charge is 0.399 e. The molecule has 0 heterocycles. The van der Waals surface area contributed by atoms with Crippen molar-refractivity contribution in [1.29, 1.82) is 0 Å². The van der Waals surface area contributed by atoms with Crippen LogP contribution in [0.3, 0.4) is 0 Å². The van der Waals surface area contributed by atoms with Crippen LogP contribution in [0, 0.1) is 0 Å². The Balaban J connectivity index is 0.000000490. The van der Waals surface area contributed by atoms with Crippen LogP contribution in [0.4, 0.5) is 5.69 Å². The maximum atomic E-state index is 5.36. The molecule has 0 unspecified atom stereocenters. The Morgan fingerprint density at radius 3 is 1.75 bits per heavy atom. The van der Waals surface area contributed by atoms with Gasteiger partial charge in [-0.15, -0.1) is 0 Å². The van der Waals surface area contributed by atoms with Crippen LogP contribution in [0.2, 0.25) is 0 Å². The summed E-state index contributed by atoms with van der Waals surface area (Å²) in [5.74, 6) is 0. The Morgan fingerprint density at radius 2 is 1.50 bits per heavy atom. The van der Waals surface area contributed by atoms with E-state index in [1.807, 2.05) is 30.3 Å². The van der Waals surface area contributed by atoms with Crippen LogP contribution < -0.4 is 5.73 Å². The summed E-state index contributed by atoms with van der Waals surface area (Å²) in [5.41, 5.74) is 6.18. The predicted molar refractivity (Wildman–Crippen MR) is 30.9 cm³/mol. The van der Waals surface area contributed by atoms with E-state index in [1.54, 1.807) is 0 Å². The van der Waals surface area contributed by atoms with E-state index in [9.17, 15) is 0 Å². The Bertz CT molecular complexity index is 138. The molecular formula is C6H7HfN. The Morgan fingerprint density at radius 1 is 1.00 bits per heavy atom. The van der Waals surface area contributed by atoms with Crippen molar-refractivity contribution in [2.75, 3.05) is 5.73 Å². The van der Waals surface area contributed by atoms with Crippen molar-refractivity contribution in [3.8, 4) is 0 Å². The first-order chi connectivity index (χ1) is 3.39. The second-order valence-corrected chi connectivity index (χ2v) is 1.41. The summed E-state index contributed by atoms with van der Waals surface area (Å²) in [4.78, 5) is 0. The molecule has 2 N–H and O–H groups in total. The molecule has 8 heavy (non-hydrogen) atoms. The second kappa shape index (κ2) is 3.84. The minimum absolute atomic E-state index is 0. The van der Waals surface area contributed by atoms with Gasteiger partial charge in [0.05, 0.1) is 0 Å². The third kappa shape index (κ3) is 2.26. The molecule has 0 radical (unpaired) electrons. The molecular weight excluding hydrogens is 265 g/mol. The van der Waals surface area contributed by atoms with E-state index >= 15 is 0 Å². The number of para-hydroxylation sites is 1. The Hall–Kier alpha value is -0.110. The zero-order chi connectivity index (χ0) is 5.11. The van der Waals surface area contributed by atoms with E-state index in [2.05, 4.69) is 0 Å². The summed E-state index contributed by atoms with van der Waals surface area (Å²) in [6, 6.07) is 9.49. The number of nitrogens with two attached hydrogens (primary N) is 1. The average Bonchev–Trinajstić information content (AvgIpc) is 1.69. The normalized spacial score (nSPS) is 7.50. The van der Waals surface area contributed by atoms with Crippen molar-refractivity contribution in [3.05, 3.63) is 30.3 Å². The minimum atomic E-state index is 0. The molecule has 0 saturated carbocycles. The molecule has 0 amide bonds. The van der Waals surface area contributed by atoms with Crippen molar-refractivity contribution in [3.63, 3.8) is 0 Å². The molecule has 1 aromatic rings. The fourth-order valence-electron chi connectivity index (χ4n) is 0.453. The number of hydrogen-bond acceptors (Lipinski definition) is 1. The SMILES string of the molecule is Nc1ccccc1.[Hf]. The van der Waals surface area contributed by atoms with Crippen molar-refractivity contribution in [2.24, 2.45) is 0 Å². The maximum Gasteiger partial charge on any atom is 0.0313 e. The molecule has 0 aromatic heterocycles. The van der Waals surface area contributed by atoms with Gasteiger partial charge in [-0.25, -0.2) is 0 Å². The van der Waals surface area contributed by atoms with Gasteiger partial charge < -0.3 is 5.73 Å². The molecule has 0 aliphatic heterocycles. The van der Waals surface area contributed by atoms with E-state index in [0.717, 1.165) is 5.69 Å². The standard InChI is InChI=1S/C6H7N.Hf/c7-6-4-2-1-3-5-6;/h1-5H,7H2;. The molecule has 2 heteroatoms. The third-order valence-electron chi connectivity index (χ3n) is 0.800. The van der Waals surface area contributed by atoms with Crippen LogP contribution in [0.25, 0.3) is 0 Å². The monoisotopic (exact) mass is 273 g/mol. The quantitative estimate of drug-likeness (QED) is 0.558. The summed E-state index contributed by atoms with van der Waals surface area (Å²) in [6.07, 6.45) is 0. The van der Waals surface area contributed by atoms with Crippen molar-refractivity contribution in [1.82, 2.24) is 0 Å². The topological polar surface area (TPSA) is 26.0 Å². The number of nitrogen functional groups attached to an aromatic ring is 1. The van der Waals surface area contributed by atoms with Crippen LogP contribution >= 0.6 is 0 Å². The Kier molecular flexibility index (Phi) is 3.79. The first-order valence-electron chi connectivity index (χ1n) is 2.20. The van der Waals surface area contributed by atoms with Crippen molar-refractivity contribution in [2.45, 2.75) is 0 Å². The van der Waals surface area contributed by atoms with Crippen LogP contribution in [0.1, 0.15) is 0 Å². The van der Waals surface area contributed by atoms with Gasteiger partial charge in [-0.1, -0.05) is 18.2 Å². The summed E-state index contributed by atoms with van der Waals surface area (Å²) in [5, 5.41) is 0. The Labute approximate surface area is 67.7 Å². The summed E-state index contributed by atoms with van der Waals surface area (Å²) in [7, 11) is 0. The van der Waals surface area contributed by atoms with Gasteiger partial charge in [0.15, 0.2) is 0 Å². The molecule has 0 saturated heterocycles. The van der Waals surface area contributed by atoms with Crippen LogP contribution in [0.15, 0.2) is 30.3 Å². The zero-order valence-electron chi connectivity index (χ0n) is 4.46. The zero-order valence-corrected chi connectivity index (χ0v) is 8.06. The summed E-state index contributed by atoms with van der Waals surface area (Å²) >= 11 is 0. The molecule has 1 aromatic carbocycles. The molecule has 1 nitrogen and oxygen atoms in total. The predicted octanol–water partition coefficient (Wildman–Crippen LogP) is 1.27. The maximum absolute atomic E-state index is 5.36. The smallest absolute Gasteiger partial charge is 0.0313 e. The van der Waals surface area contributed by atoms with E-state index in [1.165, 1.54) is 0 Å². The van der Waals surface area contributed by atoms with Gasteiger partial charge in [0.1, 0.15) is 0 Å². The van der Waals surface area contributed by atoms with Crippen molar-refractivity contribution < 1.29 is 25.8 Å². The fourth-order valence-corrected chi connectivity index (χ4v) is 0.453. The molecule has 1 rings (SSSR count). The van der Waals surface area contributed by atoms with E-state index < -0.39 is 0 Å². The van der Waals surface area contributed by atoms with E-state index in [0.29, 0.717) is 0 Å². The molecule has 0 fully saturated rings. The molecule has 0 aliphatic carbocycles. The van der Waals surface area contributed by atoms with Gasteiger partial charge in [-0.05, 0) is 12.1 Å². The molecule has 0 spiro atoms. The van der Waals surface area contributed by atoms with Crippen LogP contribution in [-0.4, -0.2) is 0 Å². The average molecular weight is 272 g/mol. The van der Waals surface area contributed by atoms with Gasteiger partial charge >= 0.3 is 0 Å². The van der Waals surface area contributed by atoms with Crippen molar-refractivity contribution >= 4 is 5.69 Å². The van der Waals surface area contributed by atoms with Crippen LogP contribution in [0.5, 0.6) is 0 Å². The van der Waals surface area contributed by atoms with Gasteiger partial charge in [0.2, 0.25) is 0 Å². The van der Waals surface area contributed by atoms with Gasteiger partial charge in [-0.3, -0.25) is 0 Å². The number of anilines is 1. The second-order valence-electron chi connectivity index (χ2n) is 1.41. The van der Waals surface area contributed by atoms with Gasteiger partial charge in [0.25, 0.3) is 0 Å². The molecule has 0 bridgehead atoms. The molecule has 0 atom stereocenters. The first-order valence-corrected chi connectivity index (χ1v) is 2.20. The fraction of sp³-hybridized carbons (Fsp3) is 0. The van der Waals surface area contributed by atoms with E-state index in [-0.39, 0.29) is 25.8 Å². The van der Waals surface area contributed by atoms with E-state index in [4.69, 9.17) is 5.73 Å². The molecule has 40 valence electrons. The third-order valence-corrected chi connectivity index (χ3v) is 0.800. The van der Waals surface area contributed by atoms with Gasteiger partial charge in [-0.2, -0.15) is 0 Å². The summed E-state index contributed by atoms with van der Waals surface area (Å²) < 4.78 is 0. The number of rotatable bonds is 0. The summed E-state index contributed by atoms with van der Waals surface area (Å²) in [6.45, 7) is 0. The van der Waals surface area contributed by atoms with Gasteiger partial charge in [0, 0.05) is 31.5 Å². The number of benzene rings is 1. The number of hydrogen-bond donors (Lipinski definition) is 1.